The fraction of sp³-hybridized carbons (Fsp3) is 0. The van der Waals surface area contributed by atoms with Crippen LogP contribution in [0.15, 0.2) is 0 Å². The first-order valence-corrected chi connectivity index (χ1v) is 2.74. The molecule has 12 heteroatoms. The quantitative estimate of drug-likeness (QED) is 0.177. The summed E-state index contributed by atoms with van der Waals surface area (Å²) < 4.78 is 8.55. The summed E-state index contributed by atoms with van der Waals surface area (Å²) in [5.74, 6) is 0. The topological polar surface area (TPSA) is 152 Å². The Hall–Kier alpha value is 2.57. The summed E-state index contributed by atoms with van der Waals surface area (Å²) in [7, 11) is -5.39. The van der Waals surface area contributed by atoms with Gasteiger partial charge >= 0.3 is 96.9 Å². The molecule has 0 radical (unpaired) electrons. The molecule has 0 fully saturated rings. The van der Waals surface area contributed by atoms with Gasteiger partial charge in [-0.3, -0.25) is 0 Å². The van der Waals surface area contributed by atoms with Gasteiger partial charge in [-0.05, 0) is 0 Å². The number of rotatable bonds is 0. The van der Waals surface area contributed by atoms with E-state index in [1.807, 2.05) is 0 Å². The third-order valence-corrected chi connectivity index (χ3v) is 0. The maximum atomic E-state index is 8.55. The third-order valence-electron chi connectivity index (χ3n) is 0. The van der Waals surface area contributed by atoms with Crippen LogP contribution in [0.25, 0.3) is 0 Å². The van der Waals surface area contributed by atoms with Crippen molar-refractivity contribution in [2.75, 3.05) is 0 Å². The minimum atomic E-state index is -5.39. The maximum absolute atomic E-state index is 8.55. The van der Waals surface area contributed by atoms with Gasteiger partial charge in [0.1, 0.15) is 0 Å². The first kappa shape index (κ1) is 29.3. The van der Waals surface area contributed by atoms with Crippen LogP contribution in [0.2, 0.25) is 0 Å². The van der Waals surface area contributed by atoms with Crippen LogP contribution in [0.4, 0.5) is 0 Å². The maximum Gasteiger partial charge on any atom is 2.00 e. The van der Waals surface area contributed by atoms with Crippen molar-refractivity contribution in [1.29, 1.82) is 0 Å². The minimum Gasteiger partial charge on any atom is -0.822 e. The summed E-state index contributed by atoms with van der Waals surface area (Å²) in [4.78, 5) is 33.9. The van der Waals surface area contributed by atoms with Gasteiger partial charge in [0.05, 0.1) is 5.09 Å². The zero-order valence-corrected chi connectivity index (χ0v) is 13.6. The minimum absolute atomic E-state index is 0. The van der Waals surface area contributed by atoms with E-state index in [9.17, 15) is 0 Å². The van der Waals surface area contributed by atoms with E-state index in [4.69, 9.17) is 34.6 Å². The summed E-state index contributed by atoms with van der Waals surface area (Å²) in [5, 5.41) is 14.8. The van der Waals surface area contributed by atoms with E-state index in [1.54, 1.807) is 0 Å². The predicted octanol–water partition coefficient (Wildman–Crippen LogP) is -9.44. The van der Waals surface area contributed by atoms with Gasteiger partial charge in [0.15, 0.2) is 0 Å². The smallest absolute Gasteiger partial charge is 0.822 e. The molecule has 0 N–H and O–H groups in total. The van der Waals surface area contributed by atoms with Gasteiger partial charge in [-0.2, -0.15) is 7.82 Å². The van der Waals surface area contributed by atoms with Crippen molar-refractivity contribution < 1.29 is 83.4 Å². The van der Waals surface area contributed by atoms with Crippen LogP contribution < -0.4 is 73.8 Å². The molecule has 0 aliphatic carbocycles. The Morgan fingerprint density at radius 1 is 1.00 bits per heavy atom. The van der Waals surface area contributed by atoms with Crippen LogP contribution in [0.1, 0.15) is 0 Å². The summed E-state index contributed by atoms with van der Waals surface area (Å²) >= 11 is 0. The van der Waals surface area contributed by atoms with Gasteiger partial charge in [-0.1, -0.05) is 0 Å². The Morgan fingerprint density at radius 2 is 1.00 bits per heavy atom. The van der Waals surface area contributed by atoms with Crippen LogP contribution in [-0.4, -0.2) is 42.8 Å². The fourth-order valence-corrected chi connectivity index (χ4v) is 0. The zero-order chi connectivity index (χ0) is 8.08. The SMILES string of the molecule is O=P([O-])([O-])[O-].O=[N+]([O-])[O-].[Ca+2].[Na+].[Na+]. The molecule has 8 nitrogen and oxygen atoms in total. The molecule has 0 atom stereocenters. The first-order chi connectivity index (χ1) is 3.73. The summed E-state index contributed by atoms with van der Waals surface area (Å²) in [6, 6.07) is 0. The molecule has 0 amide bonds. The van der Waals surface area contributed by atoms with Crippen LogP contribution >= 0.6 is 7.82 Å². The monoisotopic (exact) mass is 243 g/mol. The largest absolute Gasteiger partial charge is 2.00 e. The summed E-state index contributed by atoms with van der Waals surface area (Å²) in [6.07, 6.45) is 0. The summed E-state index contributed by atoms with van der Waals surface area (Å²) in [6.45, 7) is 0. The molecule has 12 heavy (non-hydrogen) atoms. The molecule has 0 unspecified atom stereocenters. The van der Waals surface area contributed by atoms with Gasteiger partial charge in [-0.25, -0.2) is 0 Å². The van der Waals surface area contributed by atoms with Crippen molar-refractivity contribution in [3.05, 3.63) is 15.3 Å². The van der Waals surface area contributed by atoms with Crippen molar-refractivity contribution in [2.45, 2.75) is 0 Å². The molecule has 56 valence electrons. The normalized spacial score (nSPS) is 6.92. The number of phosphoric acid groups is 1. The van der Waals surface area contributed by atoms with Gasteiger partial charge in [0, 0.05) is 0 Å². The molecule has 0 aliphatic rings. The van der Waals surface area contributed by atoms with Gasteiger partial charge in [0.2, 0.25) is 0 Å². The van der Waals surface area contributed by atoms with Crippen molar-refractivity contribution in [3.8, 4) is 0 Å². The van der Waals surface area contributed by atoms with Gasteiger partial charge in [-0.15, -0.1) is 0 Å². The molecular weight excluding hydrogens is 243 g/mol. The molecule has 0 aromatic rings. The van der Waals surface area contributed by atoms with Crippen molar-refractivity contribution in [2.24, 2.45) is 0 Å². The Labute approximate surface area is 142 Å². The van der Waals surface area contributed by atoms with Crippen molar-refractivity contribution in [1.82, 2.24) is 0 Å². The zero-order valence-electron chi connectivity index (χ0n) is 6.46. The van der Waals surface area contributed by atoms with Crippen LogP contribution in [0.5, 0.6) is 0 Å². The standard InChI is InChI=1S/Ca.NO3.2Na.H3O4P/c;2-1(3)4;;;1-5(2,3)4/h;;;;(H3,1,2,3,4)/q+2;-1;2*+1;/p-3. The molecular formula is CaNNa2O7P. The second kappa shape index (κ2) is 16.0. The van der Waals surface area contributed by atoms with E-state index in [-0.39, 0.29) is 96.9 Å². The molecule has 0 heterocycles. The molecule has 0 spiro atoms. The molecule has 0 aliphatic heterocycles. The third kappa shape index (κ3) is 255. The Morgan fingerprint density at radius 3 is 1.00 bits per heavy atom. The average molecular weight is 243 g/mol. The Kier molecular flexibility index (Phi) is 39.1. The Bertz CT molecular complexity index is 121. The fourth-order valence-electron chi connectivity index (χ4n) is 0. The molecule has 0 bridgehead atoms. The number of hydrogen-bond donors (Lipinski definition) is 0. The number of nitrogens with zero attached hydrogens (tertiary/aromatic N) is 1. The van der Waals surface area contributed by atoms with E-state index in [0.29, 0.717) is 0 Å². The van der Waals surface area contributed by atoms with Crippen LogP contribution in [0.3, 0.4) is 0 Å². The molecule has 0 saturated heterocycles. The second-order valence-corrected chi connectivity index (χ2v) is 1.57. The number of hydrogen-bond acceptors (Lipinski definition) is 7. The molecule has 0 saturated carbocycles. The van der Waals surface area contributed by atoms with Crippen molar-refractivity contribution in [3.63, 3.8) is 0 Å². The average Bonchev–Trinajstić information content (AvgIpc) is 1.19. The van der Waals surface area contributed by atoms with E-state index >= 15 is 0 Å². The van der Waals surface area contributed by atoms with E-state index < -0.39 is 12.9 Å². The first-order valence-electron chi connectivity index (χ1n) is 1.28. The summed E-state index contributed by atoms with van der Waals surface area (Å²) in [5.41, 5.74) is 0. The van der Waals surface area contributed by atoms with E-state index in [2.05, 4.69) is 0 Å². The van der Waals surface area contributed by atoms with Gasteiger partial charge in [0.25, 0.3) is 0 Å². The Balaban J connectivity index is -0.0000000221. The predicted molar refractivity (Wildman–Crippen MR) is 23.7 cm³/mol. The van der Waals surface area contributed by atoms with Crippen LogP contribution in [0, 0.1) is 15.3 Å². The van der Waals surface area contributed by atoms with Crippen LogP contribution in [-0.2, 0) is 4.57 Å². The van der Waals surface area contributed by atoms with E-state index in [1.165, 1.54) is 0 Å². The van der Waals surface area contributed by atoms with Crippen molar-refractivity contribution >= 4 is 45.6 Å². The molecule has 0 aromatic heterocycles. The van der Waals surface area contributed by atoms with Gasteiger partial charge < -0.3 is 34.6 Å². The molecule has 0 aromatic carbocycles. The molecule has 0 rings (SSSR count). The second-order valence-electron chi connectivity index (χ2n) is 0.671. The van der Waals surface area contributed by atoms with E-state index in [0.717, 1.165) is 0 Å².